The fraction of sp³-hybridized carbons (Fsp3) is 0.160. The number of nitrogens with zero attached hydrogens (tertiary/aromatic N) is 1. The number of amides is 1. The Morgan fingerprint density at radius 3 is 2.47 bits per heavy atom. The summed E-state index contributed by atoms with van der Waals surface area (Å²) in [5.74, 6) is -1.37. The minimum Gasteiger partial charge on any atom is -0.490 e. The number of hydrazone groups is 1. The van der Waals surface area contributed by atoms with Crippen molar-refractivity contribution < 1.29 is 37.3 Å². The van der Waals surface area contributed by atoms with E-state index in [1.807, 2.05) is 0 Å². The predicted molar refractivity (Wildman–Crippen MR) is 127 cm³/mol. The molecule has 0 saturated heterocycles. The number of halogens is 4. The third-order valence-electron chi connectivity index (χ3n) is 4.72. The molecule has 3 rings (SSSR count). The van der Waals surface area contributed by atoms with Gasteiger partial charge in [-0.15, -0.1) is 0 Å². The lowest BCUT2D eigenvalue weighted by Gasteiger charge is -2.14. The van der Waals surface area contributed by atoms with Gasteiger partial charge in [0.05, 0.1) is 29.0 Å². The van der Waals surface area contributed by atoms with Crippen LogP contribution in [0.25, 0.3) is 0 Å². The first kappa shape index (κ1) is 26.6. The Bertz CT molecular complexity index is 1290. The third-order valence-corrected chi connectivity index (χ3v) is 5.00. The van der Waals surface area contributed by atoms with Crippen LogP contribution in [-0.4, -0.2) is 29.8 Å². The standard InChI is InChI=1S/C25H20ClF3N2O5/c1-2-35-21-11-16(13-30-31-23(32)17-6-4-8-19(12-17)25(27,28)29)10-20(26)22(21)36-14-15-5-3-7-18(9-15)24(33)34/h3-13H,2,14H2,1H3,(H,31,32)(H,33,34)/b30-13-. The molecule has 0 fully saturated rings. The molecule has 2 N–H and O–H groups in total. The van der Waals surface area contributed by atoms with Crippen LogP contribution in [0.5, 0.6) is 11.5 Å². The van der Waals surface area contributed by atoms with Gasteiger partial charge in [0.15, 0.2) is 11.5 Å². The molecule has 0 aliphatic carbocycles. The van der Waals surface area contributed by atoms with E-state index in [9.17, 15) is 22.8 Å². The molecule has 3 aromatic carbocycles. The van der Waals surface area contributed by atoms with Gasteiger partial charge in [-0.1, -0.05) is 29.8 Å². The highest BCUT2D eigenvalue weighted by Crippen LogP contribution is 2.37. The molecule has 0 saturated carbocycles. The van der Waals surface area contributed by atoms with Crippen molar-refractivity contribution in [2.75, 3.05) is 6.61 Å². The molecule has 0 radical (unpaired) electrons. The third kappa shape index (κ3) is 6.98. The summed E-state index contributed by atoms with van der Waals surface area (Å²) in [6, 6.07) is 13.3. The summed E-state index contributed by atoms with van der Waals surface area (Å²) in [4.78, 5) is 23.3. The van der Waals surface area contributed by atoms with Crippen LogP contribution in [0.1, 0.15) is 44.3 Å². The first-order valence-corrected chi connectivity index (χ1v) is 10.9. The molecule has 36 heavy (non-hydrogen) atoms. The van der Waals surface area contributed by atoms with Crippen molar-refractivity contribution in [2.24, 2.45) is 5.10 Å². The van der Waals surface area contributed by atoms with Crippen molar-refractivity contribution in [3.05, 3.63) is 93.5 Å². The summed E-state index contributed by atoms with van der Waals surface area (Å²) in [6.45, 7) is 2.07. The van der Waals surface area contributed by atoms with E-state index in [0.29, 0.717) is 11.1 Å². The van der Waals surface area contributed by atoms with E-state index < -0.39 is 23.6 Å². The summed E-state index contributed by atoms with van der Waals surface area (Å²) in [5, 5.41) is 13.1. The van der Waals surface area contributed by atoms with Gasteiger partial charge in [-0.2, -0.15) is 18.3 Å². The van der Waals surface area contributed by atoms with E-state index in [2.05, 4.69) is 10.5 Å². The highest BCUT2D eigenvalue weighted by molar-refractivity contribution is 6.32. The molecule has 0 aliphatic rings. The van der Waals surface area contributed by atoms with E-state index in [1.54, 1.807) is 25.1 Å². The van der Waals surface area contributed by atoms with Crippen molar-refractivity contribution in [2.45, 2.75) is 19.7 Å². The van der Waals surface area contributed by atoms with Crippen LogP contribution in [-0.2, 0) is 12.8 Å². The van der Waals surface area contributed by atoms with Gasteiger partial charge >= 0.3 is 12.1 Å². The highest BCUT2D eigenvalue weighted by Gasteiger charge is 2.30. The molecule has 0 aromatic heterocycles. The number of ether oxygens (including phenoxy) is 2. The molecule has 7 nitrogen and oxygen atoms in total. The molecule has 3 aromatic rings. The number of hydrogen-bond acceptors (Lipinski definition) is 5. The first-order chi connectivity index (χ1) is 17.1. The molecular formula is C25H20ClF3N2O5. The second-order valence-electron chi connectivity index (χ2n) is 7.33. The molecule has 0 aliphatic heterocycles. The molecule has 1 amide bonds. The van der Waals surface area contributed by atoms with E-state index in [-0.39, 0.29) is 40.9 Å². The number of alkyl halides is 3. The number of nitrogens with one attached hydrogen (secondary N) is 1. The maximum Gasteiger partial charge on any atom is 0.416 e. The molecule has 0 heterocycles. The Morgan fingerprint density at radius 2 is 1.78 bits per heavy atom. The number of hydrogen-bond donors (Lipinski definition) is 2. The van der Waals surface area contributed by atoms with E-state index >= 15 is 0 Å². The largest absolute Gasteiger partial charge is 0.490 e. The average Bonchev–Trinajstić information content (AvgIpc) is 2.83. The number of carboxylic acids is 1. The van der Waals surface area contributed by atoms with Gasteiger partial charge in [0.2, 0.25) is 0 Å². The number of aromatic carboxylic acids is 1. The van der Waals surface area contributed by atoms with Gasteiger partial charge in [-0.3, -0.25) is 4.79 Å². The van der Waals surface area contributed by atoms with Crippen LogP contribution in [0.15, 0.2) is 65.8 Å². The normalized spacial score (nSPS) is 11.4. The molecule has 0 atom stereocenters. The van der Waals surface area contributed by atoms with Crippen LogP contribution in [0, 0.1) is 0 Å². The molecule has 0 unspecified atom stereocenters. The Labute approximate surface area is 209 Å². The zero-order valence-electron chi connectivity index (χ0n) is 18.8. The quantitative estimate of drug-likeness (QED) is 0.274. The van der Waals surface area contributed by atoms with Crippen molar-refractivity contribution in [1.29, 1.82) is 0 Å². The van der Waals surface area contributed by atoms with Crippen LogP contribution in [0.3, 0.4) is 0 Å². The van der Waals surface area contributed by atoms with Gasteiger partial charge in [0.1, 0.15) is 6.61 Å². The van der Waals surface area contributed by atoms with Gasteiger partial charge in [0, 0.05) is 5.56 Å². The fourth-order valence-electron chi connectivity index (χ4n) is 3.08. The maximum atomic E-state index is 12.9. The van der Waals surface area contributed by atoms with Crippen molar-refractivity contribution in [3.63, 3.8) is 0 Å². The van der Waals surface area contributed by atoms with Crippen LogP contribution in [0.2, 0.25) is 5.02 Å². The molecular weight excluding hydrogens is 501 g/mol. The van der Waals surface area contributed by atoms with Crippen molar-refractivity contribution in [1.82, 2.24) is 5.43 Å². The topological polar surface area (TPSA) is 97.2 Å². The molecule has 0 bridgehead atoms. The molecule has 11 heteroatoms. The number of rotatable bonds is 9. The van der Waals surface area contributed by atoms with Crippen LogP contribution >= 0.6 is 11.6 Å². The predicted octanol–water partition coefficient (Wildman–Crippen LogP) is 5.80. The lowest BCUT2D eigenvalue weighted by Crippen LogP contribution is -2.18. The smallest absolute Gasteiger partial charge is 0.416 e. The maximum absolute atomic E-state index is 12.9. The van der Waals surface area contributed by atoms with Gasteiger partial charge in [-0.25, -0.2) is 10.2 Å². The summed E-state index contributed by atoms with van der Waals surface area (Å²) < 4.78 is 49.9. The van der Waals surface area contributed by atoms with E-state index in [4.69, 9.17) is 26.2 Å². The van der Waals surface area contributed by atoms with Crippen molar-refractivity contribution in [3.8, 4) is 11.5 Å². The Balaban J connectivity index is 1.73. The number of carboxylic acid groups (broad SMARTS) is 1. The fourth-order valence-corrected chi connectivity index (χ4v) is 3.36. The van der Waals surface area contributed by atoms with Gasteiger partial charge in [-0.05, 0) is 60.5 Å². The highest BCUT2D eigenvalue weighted by atomic mass is 35.5. The van der Waals surface area contributed by atoms with E-state index in [0.717, 1.165) is 18.2 Å². The second-order valence-corrected chi connectivity index (χ2v) is 7.74. The molecule has 188 valence electrons. The summed E-state index contributed by atoms with van der Waals surface area (Å²) in [7, 11) is 0. The monoisotopic (exact) mass is 520 g/mol. The lowest BCUT2D eigenvalue weighted by atomic mass is 10.1. The summed E-state index contributed by atoms with van der Waals surface area (Å²) in [5.41, 5.74) is 2.17. The zero-order chi connectivity index (χ0) is 26.3. The summed E-state index contributed by atoms with van der Waals surface area (Å²) >= 11 is 6.36. The summed E-state index contributed by atoms with van der Waals surface area (Å²) in [6.07, 6.45) is -3.32. The zero-order valence-corrected chi connectivity index (χ0v) is 19.6. The minimum atomic E-state index is -4.57. The number of benzene rings is 3. The lowest BCUT2D eigenvalue weighted by molar-refractivity contribution is -0.137. The van der Waals surface area contributed by atoms with E-state index in [1.165, 1.54) is 30.5 Å². The van der Waals surface area contributed by atoms with Gasteiger partial charge in [0.25, 0.3) is 5.91 Å². The minimum absolute atomic E-state index is 0.0292. The Hall–Kier alpha value is -4.05. The number of carbonyl (C=O) groups is 2. The Morgan fingerprint density at radius 1 is 1.06 bits per heavy atom. The Kier molecular flexibility index (Phi) is 8.55. The number of carbonyl (C=O) groups excluding carboxylic acids is 1. The molecule has 0 spiro atoms. The second kappa shape index (κ2) is 11.6. The van der Waals surface area contributed by atoms with Gasteiger partial charge < -0.3 is 14.6 Å². The SMILES string of the molecule is CCOc1cc(/C=N\NC(=O)c2cccc(C(F)(F)F)c2)cc(Cl)c1OCc1cccc(C(=O)O)c1. The van der Waals surface area contributed by atoms with Crippen LogP contribution < -0.4 is 14.9 Å². The first-order valence-electron chi connectivity index (χ1n) is 10.5. The van der Waals surface area contributed by atoms with Crippen LogP contribution in [0.4, 0.5) is 13.2 Å². The van der Waals surface area contributed by atoms with Crippen molar-refractivity contribution >= 4 is 29.7 Å². The average molecular weight is 521 g/mol.